The van der Waals surface area contributed by atoms with Crippen molar-refractivity contribution in [2.75, 3.05) is 31.8 Å². The minimum Gasteiger partial charge on any atom is -0.465 e. The number of aromatic nitrogens is 1. The van der Waals surface area contributed by atoms with Gasteiger partial charge in [0, 0.05) is 6.54 Å². The number of nitrogens with zero attached hydrogens (tertiary/aromatic N) is 2. The van der Waals surface area contributed by atoms with Crippen LogP contribution >= 0.6 is 22.9 Å². The van der Waals surface area contributed by atoms with Crippen LogP contribution in [-0.4, -0.2) is 43.4 Å². The number of morpholine rings is 1. The van der Waals surface area contributed by atoms with Gasteiger partial charge in [0.15, 0.2) is 15.2 Å². The molecule has 1 fully saturated rings. The van der Waals surface area contributed by atoms with Crippen LogP contribution in [-0.2, 0) is 9.47 Å². The summed E-state index contributed by atoms with van der Waals surface area (Å²) >= 11 is 7.23. The van der Waals surface area contributed by atoms with Crippen molar-refractivity contribution in [2.45, 2.75) is 19.4 Å². The van der Waals surface area contributed by atoms with E-state index in [1.54, 1.807) is 0 Å². The average molecular weight is 291 g/mol. The van der Waals surface area contributed by atoms with Crippen LogP contribution in [0.1, 0.15) is 23.5 Å². The number of halogens is 1. The van der Waals surface area contributed by atoms with E-state index in [0.29, 0.717) is 18.1 Å². The van der Waals surface area contributed by atoms with Gasteiger partial charge in [-0.3, -0.25) is 0 Å². The number of anilines is 1. The number of rotatable bonds is 2. The summed E-state index contributed by atoms with van der Waals surface area (Å²) in [5.74, 6) is -0.449. The molecule has 1 aromatic heterocycles. The van der Waals surface area contributed by atoms with Gasteiger partial charge >= 0.3 is 5.97 Å². The highest BCUT2D eigenvalue weighted by Crippen LogP contribution is 2.34. The minimum absolute atomic E-state index is 0.160. The smallest absolute Gasteiger partial charge is 0.351 e. The topological polar surface area (TPSA) is 51.7 Å². The second-order valence-electron chi connectivity index (χ2n) is 4.62. The minimum atomic E-state index is -0.449. The SMILES string of the molecule is COC(=O)c1sc(N2CCOCC2(C)C)nc1Cl. The molecular formula is C11H15ClN2O3S. The average Bonchev–Trinajstić information content (AvgIpc) is 2.69. The predicted octanol–water partition coefficient (Wildman–Crippen LogP) is 2.20. The van der Waals surface area contributed by atoms with Crippen LogP contribution in [0, 0.1) is 0 Å². The fourth-order valence-electron chi connectivity index (χ4n) is 1.84. The van der Waals surface area contributed by atoms with Gasteiger partial charge < -0.3 is 14.4 Å². The second kappa shape index (κ2) is 5.03. The third kappa shape index (κ3) is 2.46. The maximum atomic E-state index is 11.5. The molecule has 5 nitrogen and oxygen atoms in total. The number of carbonyl (C=O) groups excluding carboxylic acids is 1. The molecular weight excluding hydrogens is 276 g/mol. The summed E-state index contributed by atoms with van der Waals surface area (Å²) in [6.45, 7) is 6.14. The first-order valence-electron chi connectivity index (χ1n) is 5.56. The van der Waals surface area contributed by atoms with E-state index in [1.165, 1.54) is 18.4 Å². The number of carbonyl (C=O) groups is 1. The first kappa shape index (κ1) is 13.6. The Kier molecular flexibility index (Phi) is 3.79. The predicted molar refractivity (Wildman–Crippen MR) is 70.7 cm³/mol. The number of esters is 1. The number of hydrogen-bond acceptors (Lipinski definition) is 6. The van der Waals surface area contributed by atoms with Gasteiger partial charge in [-0.1, -0.05) is 22.9 Å². The summed E-state index contributed by atoms with van der Waals surface area (Å²) < 4.78 is 10.1. The molecule has 1 aliphatic heterocycles. The maximum absolute atomic E-state index is 11.5. The molecule has 2 rings (SSSR count). The normalized spacial score (nSPS) is 18.8. The third-order valence-electron chi connectivity index (χ3n) is 2.82. The molecule has 2 heterocycles. The molecule has 0 amide bonds. The van der Waals surface area contributed by atoms with Crippen LogP contribution in [0.5, 0.6) is 0 Å². The van der Waals surface area contributed by atoms with Crippen LogP contribution in [0.25, 0.3) is 0 Å². The quantitative estimate of drug-likeness (QED) is 0.782. The van der Waals surface area contributed by atoms with Gasteiger partial charge in [0.25, 0.3) is 0 Å². The molecule has 0 radical (unpaired) electrons. The van der Waals surface area contributed by atoms with Gasteiger partial charge in [0.1, 0.15) is 0 Å². The molecule has 0 saturated carbocycles. The lowest BCUT2D eigenvalue weighted by Crippen LogP contribution is -2.53. The van der Waals surface area contributed by atoms with Gasteiger partial charge in [-0.2, -0.15) is 0 Å². The van der Waals surface area contributed by atoms with E-state index in [0.717, 1.165) is 11.7 Å². The zero-order chi connectivity index (χ0) is 13.3. The molecule has 1 saturated heterocycles. The Hall–Kier alpha value is -0.850. The van der Waals surface area contributed by atoms with E-state index in [-0.39, 0.29) is 10.7 Å². The van der Waals surface area contributed by atoms with E-state index in [2.05, 4.69) is 28.5 Å². The van der Waals surface area contributed by atoms with Gasteiger partial charge in [-0.25, -0.2) is 9.78 Å². The molecule has 0 bridgehead atoms. The highest BCUT2D eigenvalue weighted by atomic mass is 35.5. The molecule has 1 aromatic rings. The Morgan fingerprint density at radius 3 is 2.94 bits per heavy atom. The zero-order valence-electron chi connectivity index (χ0n) is 10.5. The van der Waals surface area contributed by atoms with Crippen molar-refractivity contribution < 1.29 is 14.3 Å². The van der Waals surface area contributed by atoms with E-state index >= 15 is 0 Å². The van der Waals surface area contributed by atoms with Crippen molar-refractivity contribution >= 4 is 34.0 Å². The van der Waals surface area contributed by atoms with E-state index < -0.39 is 5.97 Å². The summed E-state index contributed by atoms with van der Waals surface area (Å²) in [7, 11) is 1.33. The van der Waals surface area contributed by atoms with E-state index in [9.17, 15) is 4.79 Å². The van der Waals surface area contributed by atoms with Crippen molar-refractivity contribution in [1.82, 2.24) is 4.98 Å². The molecule has 1 aliphatic rings. The first-order valence-corrected chi connectivity index (χ1v) is 6.75. The Bertz CT molecular complexity index is 461. The van der Waals surface area contributed by atoms with Crippen molar-refractivity contribution in [1.29, 1.82) is 0 Å². The van der Waals surface area contributed by atoms with Crippen molar-refractivity contribution in [3.63, 3.8) is 0 Å². The van der Waals surface area contributed by atoms with Crippen LogP contribution in [0.15, 0.2) is 0 Å². The Labute approximate surface area is 115 Å². The summed E-state index contributed by atoms with van der Waals surface area (Å²) in [5, 5.41) is 0.929. The largest absolute Gasteiger partial charge is 0.465 e. The van der Waals surface area contributed by atoms with Gasteiger partial charge in [0.05, 0.1) is 25.9 Å². The second-order valence-corrected chi connectivity index (χ2v) is 5.96. The lowest BCUT2D eigenvalue weighted by atomic mass is 10.0. The number of methoxy groups -OCH3 is 1. The highest BCUT2D eigenvalue weighted by Gasteiger charge is 2.33. The zero-order valence-corrected chi connectivity index (χ0v) is 12.1. The monoisotopic (exact) mass is 290 g/mol. The standard InChI is InChI=1S/C11H15ClN2O3S/c1-11(2)6-17-5-4-14(11)10-13-8(12)7(18-10)9(15)16-3/h4-6H2,1-3H3. The third-order valence-corrected chi connectivity index (χ3v) is 4.27. The number of hydrogen-bond donors (Lipinski definition) is 0. The fourth-order valence-corrected chi connectivity index (χ4v) is 3.23. The Morgan fingerprint density at radius 1 is 1.61 bits per heavy atom. The molecule has 0 N–H and O–H groups in total. The molecule has 0 aliphatic carbocycles. The lowest BCUT2D eigenvalue weighted by Gasteiger charge is -2.41. The summed E-state index contributed by atoms with van der Waals surface area (Å²) in [4.78, 5) is 18.2. The summed E-state index contributed by atoms with van der Waals surface area (Å²) in [6, 6.07) is 0. The maximum Gasteiger partial charge on any atom is 0.351 e. The van der Waals surface area contributed by atoms with Gasteiger partial charge in [-0.05, 0) is 13.8 Å². The summed E-state index contributed by atoms with van der Waals surface area (Å²) in [5.41, 5.74) is -0.160. The molecule has 100 valence electrons. The van der Waals surface area contributed by atoms with Crippen LogP contribution in [0.4, 0.5) is 5.13 Å². The van der Waals surface area contributed by atoms with E-state index in [1.807, 2.05) is 0 Å². The molecule has 7 heteroatoms. The number of ether oxygens (including phenoxy) is 2. The van der Waals surface area contributed by atoms with Gasteiger partial charge in [-0.15, -0.1) is 0 Å². The molecule has 0 unspecified atom stereocenters. The molecule has 0 spiro atoms. The molecule has 18 heavy (non-hydrogen) atoms. The Balaban J connectivity index is 2.31. The molecule has 0 atom stereocenters. The van der Waals surface area contributed by atoms with Gasteiger partial charge in [0.2, 0.25) is 0 Å². The first-order chi connectivity index (χ1) is 8.45. The van der Waals surface area contributed by atoms with Crippen LogP contribution in [0.3, 0.4) is 0 Å². The lowest BCUT2D eigenvalue weighted by molar-refractivity contribution is 0.0606. The number of thiazole rings is 1. The summed E-state index contributed by atoms with van der Waals surface area (Å²) in [6.07, 6.45) is 0. The Morgan fingerprint density at radius 2 is 2.33 bits per heavy atom. The fraction of sp³-hybridized carbons (Fsp3) is 0.636. The van der Waals surface area contributed by atoms with Crippen LogP contribution in [0.2, 0.25) is 5.15 Å². The van der Waals surface area contributed by atoms with E-state index in [4.69, 9.17) is 16.3 Å². The van der Waals surface area contributed by atoms with Crippen molar-refractivity contribution in [2.24, 2.45) is 0 Å². The highest BCUT2D eigenvalue weighted by molar-refractivity contribution is 7.18. The van der Waals surface area contributed by atoms with Crippen LogP contribution < -0.4 is 4.90 Å². The molecule has 0 aromatic carbocycles. The van der Waals surface area contributed by atoms with Crippen molar-refractivity contribution in [3.8, 4) is 0 Å². The van der Waals surface area contributed by atoms with Crippen molar-refractivity contribution in [3.05, 3.63) is 10.0 Å².